The molecule has 1 aromatic heterocycles. The summed E-state index contributed by atoms with van der Waals surface area (Å²) in [5.74, 6) is 1.42. The molecule has 1 saturated heterocycles. The van der Waals surface area contributed by atoms with Crippen LogP contribution in [0.5, 0.6) is 17.2 Å². The van der Waals surface area contributed by atoms with Crippen molar-refractivity contribution in [2.45, 2.75) is 12.3 Å². The lowest BCUT2D eigenvalue weighted by atomic mass is 10.1. The van der Waals surface area contributed by atoms with E-state index >= 15 is 0 Å². The van der Waals surface area contributed by atoms with Gasteiger partial charge in [0.25, 0.3) is 5.89 Å². The molecule has 0 bridgehead atoms. The first-order valence-electron chi connectivity index (χ1n) is 9.24. The molecule has 30 heavy (non-hydrogen) atoms. The van der Waals surface area contributed by atoms with Gasteiger partial charge >= 0.3 is 0 Å². The number of hydrogen-bond donors (Lipinski definition) is 0. The molecule has 0 radical (unpaired) electrons. The number of nitrogens with zero attached hydrogens (tertiary/aromatic N) is 3. The lowest BCUT2D eigenvalue weighted by Crippen LogP contribution is -2.24. The highest BCUT2D eigenvalue weighted by atomic mass is 19.1. The fraction of sp³-hybridized carbons (Fsp3) is 0.286. The smallest absolute Gasteiger partial charge is 0.258 e. The van der Waals surface area contributed by atoms with Gasteiger partial charge in [-0.3, -0.25) is 4.79 Å². The minimum absolute atomic E-state index is 0.0780. The van der Waals surface area contributed by atoms with E-state index in [1.54, 1.807) is 29.2 Å². The molecule has 3 aromatic rings. The number of methoxy groups -OCH3 is 3. The number of anilines is 1. The average molecular weight is 413 g/mol. The topological polar surface area (TPSA) is 86.9 Å². The van der Waals surface area contributed by atoms with Crippen molar-refractivity contribution >= 4 is 11.6 Å². The van der Waals surface area contributed by atoms with E-state index in [4.69, 9.17) is 18.7 Å². The molecule has 4 rings (SSSR count). The van der Waals surface area contributed by atoms with E-state index in [1.165, 1.54) is 33.5 Å². The van der Waals surface area contributed by atoms with Crippen molar-refractivity contribution in [1.82, 2.24) is 10.1 Å². The number of amides is 1. The third-order valence-corrected chi connectivity index (χ3v) is 4.98. The van der Waals surface area contributed by atoms with Gasteiger partial charge in [0.2, 0.25) is 11.7 Å². The SMILES string of the molecule is COc1cc(-c2nc([C@H]3CC(=O)N(c4ccc(F)cc4)C3)no2)cc(OC)c1OC. The summed E-state index contributed by atoms with van der Waals surface area (Å²) in [6, 6.07) is 9.23. The zero-order valence-corrected chi connectivity index (χ0v) is 16.7. The molecule has 1 aliphatic heterocycles. The van der Waals surface area contributed by atoms with Gasteiger partial charge in [-0.05, 0) is 36.4 Å². The highest BCUT2D eigenvalue weighted by molar-refractivity contribution is 5.96. The van der Waals surface area contributed by atoms with Crippen LogP contribution in [0.15, 0.2) is 40.9 Å². The molecule has 1 fully saturated rings. The van der Waals surface area contributed by atoms with Crippen molar-refractivity contribution < 1.29 is 27.9 Å². The molecule has 1 aliphatic rings. The molecule has 0 N–H and O–H groups in total. The van der Waals surface area contributed by atoms with E-state index in [0.717, 1.165) is 0 Å². The number of halogens is 1. The number of hydrogen-bond acceptors (Lipinski definition) is 7. The first kappa shape index (κ1) is 19.7. The predicted octanol–water partition coefficient (Wildman–Crippen LogP) is 3.42. The van der Waals surface area contributed by atoms with Crippen LogP contribution in [-0.4, -0.2) is 43.9 Å². The van der Waals surface area contributed by atoms with Crippen LogP contribution in [0.4, 0.5) is 10.1 Å². The van der Waals surface area contributed by atoms with E-state index in [1.807, 2.05) is 0 Å². The van der Waals surface area contributed by atoms with Gasteiger partial charge in [-0.15, -0.1) is 0 Å². The van der Waals surface area contributed by atoms with Gasteiger partial charge in [0.15, 0.2) is 17.3 Å². The van der Waals surface area contributed by atoms with Crippen LogP contribution in [0.25, 0.3) is 11.5 Å². The third kappa shape index (κ3) is 3.54. The first-order valence-corrected chi connectivity index (χ1v) is 9.24. The Morgan fingerprint density at radius 2 is 1.73 bits per heavy atom. The Morgan fingerprint density at radius 1 is 1.07 bits per heavy atom. The Hall–Kier alpha value is -3.62. The molecule has 1 amide bonds. The zero-order valence-electron chi connectivity index (χ0n) is 16.7. The van der Waals surface area contributed by atoms with Crippen molar-refractivity contribution in [2.24, 2.45) is 0 Å². The molecule has 0 saturated carbocycles. The predicted molar refractivity (Wildman–Crippen MR) is 106 cm³/mol. The fourth-order valence-corrected chi connectivity index (χ4v) is 3.47. The third-order valence-electron chi connectivity index (χ3n) is 4.98. The highest BCUT2D eigenvalue weighted by Crippen LogP contribution is 2.41. The molecular weight excluding hydrogens is 393 g/mol. The fourth-order valence-electron chi connectivity index (χ4n) is 3.47. The number of aromatic nitrogens is 2. The maximum Gasteiger partial charge on any atom is 0.258 e. The standard InChI is InChI=1S/C21H20FN3O5/c1-27-16-8-12(9-17(28-2)19(16)29-3)21-23-20(24-30-21)13-10-18(26)25(11-13)15-6-4-14(22)5-7-15/h4-9,13H,10-11H2,1-3H3/t13-/m0/s1. The Labute approximate surface area is 172 Å². The summed E-state index contributed by atoms with van der Waals surface area (Å²) in [7, 11) is 4.57. The number of benzene rings is 2. The summed E-state index contributed by atoms with van der Waals surface area (Å²) in [6.45, 7) is 0.388. The maximum atomic E-state index is 13.2. The number of rotatable bonds is 6. The summed E-state index contributed by atoms with van der Waals surface area (Å²) in [5, 5.41) is 4.07. The Kier molecular flexibility index (Phi) is 5.26. The molecule has 1 atom stereocenters. The molecule has 156 valence electrons. The van der Waals surface area contributed by atoms with Crippen LogP contribution >= 0.6 is 0 Å². The van der Waals surface area contributed by atoms with Gasteiger partial charge in [-0.1, -0.05) is 5.16 Å². The largest absolute Gasteiger partial charge is 0.493 e. The Bertz CT molecular complexity index is 1040. The minimum Gasteiger partial charge on any atom is -0.493 e. The van der Waals surface area contributed by atoms with E-state index in [2.05, 4.69) is 10.1 Å². The van der Waals surface area contributed by atoms with E-state index < -0.39 is 0 Å². The monoisotopic (exact) mass is 413 g/mol. The van der Waals surface area contributed by atoms with Crippen molar-refractivity contribution in [3.63, 3.8) is 0 Å². The Morgan fingerprint density at radius 3 is 2.33 bits per heavy atom. The maximum absolute atomic E-state index is 13.2. The van der Waals surface area contributed by atoms with Gasteiger partial charge < -0.3 is 23.6 Å². The second-order valence-electron chi connectivity index (χ2n) is 6.75. The molecule has 0 spiro atoms. The van der Waals surface area contributed by atoms with Gasteiger partial charge in [0, 0.05) is 30.1 Å². The second kappa shape index (κ2) is 8.02. The van der Waals surface area contributed by atoms with Crippen LogP contribution in [0.3, 0.4) is 0 Å². The molecular formula is C21H20FN3O5. The minimum atomic E-state index is -0.352. The van der Waals surface area contributed by atoms with E-state index in [9.17, 15) is 9.18 Å². The summed E-state index contributed by atoms with van der Waals surface area (Å²) < 4.78 is 34.7. The van der Waals surface area contributed by atoms with Gasteiger partial charge in [-0.25, -0.2) is 4.39 Å². The number of ether oxygens (including phenoxy) is 3. The van der Waals surface area contributed by atoms with E-state index in [-0.39, 0.29) is 30.0 Å². The number of carbonyl (C=O) groups is 1. The van der Waals surface area contributed by atoms with Crippen LogP contribution in [0.2, 0.25) is 0 Å². The molecule has 8 nitrogen and oxygen atoms in total. The summed E-state index contributed by atoms with van der Waals surface area (Å²) in [5.41, 5.74) is 1.24. The molecule has 2 aromatic carbocycles. The average Bonchev–Trinajstić information content (AvgIpc) is 3.40. The first-order chi connectivity index (χ1) is 14.5. The van der Waals surface area contributed by atoms with E-state index in [0.29, 0.717) is 40.9 Å². The normalized spacial score (nSPS) is 16.1. The molecule has 9 heteroatoms. The summed E-state index contributed by atoms with van der Waals surface area (Å²) in [6.07, 6.45) is 0.242. The molecule has 0 unspecified atom stereocenters. The van der Waals surface area contributed by atoms with Gasteiger partial charge in [-0.2, -0.15) is 4.98 Å². The van der Waals surface area contributed by atoms with Crippen LogP contribution < -0.4 is 19.1 Å². The quantitative estimate of drug-likeness (QED) is 0.612. The lowest BCUT2D eigenvalue weighted by molar-refractivity contribution is -0.117. The van der Waals surface area contributed by atoms with Crippen molar-refractivity contribution in [2.75, 3.05) is 32.8 Å². The van der Waals surface area contributed by atoms with Crippen molar-refractivity contribution in [3.05, 3.63) is 48.0 Å². The zero-order chi connectivity index (χ0) is 21.3. The molecule has 2 heterocycles. The summed E-state index contributed by atoms with van der Waals surface area (Å²) in [4.78, 5) is 18.5. The highest BCUT2D eigenvalue weighted by Gasteiger charge is 2.34. The van der Waals surface area contributed by atoms with Crippen molar-refractivity contribution in [1.29, 1.82) is 0 Å². The van der Waals surface area contributed by atoms with Crippen LogP contribution in [0, 0.1) is 5.82 Å². The molecule has 0 aliphatic carbocycles. The van der Waals surface area contributed by atoms with Gasteiger partial charge in [0.1, 0.15) is 5.82 Å². The van der Waals surface area contributed by atoms with Crippen LogP contribution in [-0.2, 0) is 4.79 Å². The van der Waals surface area contributed by atoms with Crippen molar-refractivity contribution in [3.8, 4) is 28.7 Å². The number of carbonyl (C=O) groups excluding carboxylic acids is 1. The Balaban J connectivity index is 1.59. The van der Waals surface area contributed by atoms with Gasteiger partial charge in [0.05, 0.1) is 21.3 Å². The lowest BCUT2D eigenvalue weighted by Gasteiger charge is -2.15. The second-order valence-corrected chi connectivity index (χ2v) is 6.75. The van der Waals surface area contributed by atoms with Crippen LogP contribution in [0.1, 0.15) is 18.2 Å². The summed E-state index contributed by atoms with van der Waals surface area (Å²) >= 11 is 0.